The predicted octanol–water partition coefficient (Wildman–Crippen LogP) is 3.55. The Hall–Kier alpha value is -3.87. The number of nitrogens with one attached hydrogen (secondary N) is 1. The van der Waals surface area contributed by atoms with E-state index in [-0.39, 0.29) is 18.1 Å². The summed E-state index contributed by atoms with van der Waals surface area (Å²) in [6.45, 7) is 0. The smallest absolute Gasteiger partial charge is 0.256 e. The summed E-state index contributed by atoms with van der Waals surface area (Å²) >= 11 is 0. The lowest BCUT2D eigenvalue weighted by molar-refractivity contribution is 0.0986. The molecule has 6 nitrogen and oxygen atoms in total. The quantitative estimate of drug-likeness (QED) is 0.542. The number of Topliss-reactive ketones (excluding diaryl/α,β-unsaturated/α-hetero) is 1. The van der Waals surface area contributed by atoms with E-state index in [9.17, 15) is 14.0 Å². The number of hydrogen-bond donors (Lipinski definition) is 1. The lowest BCUT2D eigenvalue weighted by Crippen LogP contribution is -2.13. The third-order valence-corrected chi connectivity index (χ3v) is 4.24. The molecule has 0 aliphatic rings. The minimum Gasteiger partial charge on any atom is -0.307 e. The second-order valence-electron chi connectivity index (χ2n) is 6.18. The summed E-state index contributed by atoms with van der Waals surface area (Å²) in [5, 5.41) is 2.70. The summed E-state index contributed by atoms with van der Waals surface area (Å²) in [6, 6.07) is 14.8. The zero-order valence-electron chi connectivity index (χ0n) is 14.7. The van der Waals surface area contributed by atoms with Crippen molar-refractivity contribution in [1.29, 1.82) is 0 Å². The fourth-order valence-corrected chi connectivity index (χ4v) is 2.84. The van der Waals surface area contributed by atoms with Crippen LogP contribution in [0.5, 0.6) is 0 Å². The van der Waals surface area contributed by atoms with Crippen molar-refractivity contribution < 1.29 is 14.0 Å². The van der Waals surface area contributed by atoms with Gasteiger partial charge in [-0.1, -0.05) is 18.2 Å². The SMILES string of the molecule is O=C(Nc1ccccn1)c1ccc(CC(=O)c2cnc3ccc(F)cn23)cc1. The molecule has 0 saturated heterocycles. The van der Waals surface area contributed by atoms with Crippen LogP contribution >= 0.6 is 0 Å². The topological polar surface area (TPSA) is 76.4 Å². The van der Waals surface area contributed by atoms with Gasteiger partial charge in [-0.3, -0.25) is 14.0 Å². The van der Waals surface area contributed by atoms with Gasteiger partial charge in [0.2, 0.25) is 0 Å². The van der Waals surface area contributed by atoms with Crippen molar-refractivity contribution in [2.45, 2.75) is 6.42 Å². The van der Waals surface area contributed by atoms with Gasteiger partial charge in [-0.25, -0.2) is 14.4 Å². The first-order valence-corrected chi connectivity index (χ1v) is 8.57. The number of carbonyl (C=O) groups is 2. The Kier molecular flexibility index (Phi) is 4.63. The number of benzene rings is 1. The third kappa shape index (κ3) is 3.64. The highest BCUT2D eigenvalue weighted by Crippen LogP contribution is 2.13. The number of anilines is 1. The first-order chi connectivity index (χ1) is 13.6. The molecule has 28 heavy (non-hydrogen) atoms. The molecule has 3 heterocycles. The molecule has 1 N–H and O–H groups in total. The zero-order valence-corrected chi connectivity index (χ0v) is 14.7. The van der Waals surface area contributed by atoms with Gasteiger partial charge in [0, 0.05) is 24.4 Å². The number of hydrogen-bond acceptors (Lipinski definition) is 4. The Morgan fingerprint density at radius 2 is 1.82 bits per heavy atom. The molecule has 7 heteroatoms. The number of aromatic nitrogens is 3. The maximum atomic E-state index is 13.5. The largest absolute Gasteiger partial charge is 0.307 e. The number of carbonyl (C=O) groups excluding carboxylic acids is 2. The van der Waals surface area contributed by atoms with Crippen molar-refractivity contribution in [3.63, 3.8) is 0 Å². The van der Waals surface area contributed by atoms with Crippen molar-refractivity contribution in [2.75, 3.05) is 5.32 Å². The van der Waals surface area contributed by atoms with Crippen molar-refractivity contribution in [1.82, 2.24) is 14.4 Å². The highest BCUT2D eigenvalue weighted by atomic mass is 19.1. The minimum atomic E-state index is -0.442. The van der Waals surface area contributed by atoms with E-state index in [4.69, 9.17) is 0 Å². The average Bonchev–Trinajstić information content (AvgIpc) is 3.12. The molecule has 0 spiro atoms. The highest BCUT2D eigenvalue weighted by Gasteiger charge is 2.14. The number of nitrogens with zero attached hydrogens (tertiary/aromatic N) is 3. The van der Waals surface area contributed by atoms with Gasteiger partial charge in [0.1, 0.15) is 23.0 Å². The van der Waals surface area contributed by atoms with Gasteiger partial charge in [-0.2, -0.15) is 0 Å². The van der Waals surface area contributed by atoms with E-state index in [1.54, 1.807) is 48.7 Å². The molecule has 0 unspecified atom stereocenters. The Balaban J connectivity index is 1.47. The van der Waals surface area contributed by atoms with E-state index in [0.717, 1.165) is 5.56 Å². The second kappa shape index (κ2) is 7.40. The molecular formula is C21H15FN4O2. The van der Waals surface area contributed by atoms with Gasteiger partial charge in [0.15, 0.2) is 5.78 Å². The van der Waals surface area contributed by atoms with E-state index in [0.29, 0.717) is 22.7 Å². The van der Waals surface area contributed by atoms with Crippen LogP contribution in [0.15, 0.2) is 73.2 Å². The second-order valence-corrected chi connectivity index (χ2v) is 6.18. The molecule has 0 fully saturated rings. The molecule has 138 valence electrons. The van der Waals surface area contributed by atoms with Gasteiger partial charge >= 0.3 is 0 Å². The first kappa shape index (κ1) is 17.5. The molecule has 4 aromatic rings. The van der Waals surface area contributed by atoms with Gasteiger partial charge in [-0.05, 0) is 42.0 Å². The van der Waals surface area contributed by atoms with Crippen LogP contribution in [0.3, 0.4) is 0 Å². The molecular weight excluding hydrogens is 359 g/mol. The first-order valence-electron chi connectivity index (χ1n) is 8.57. The van der Waals surface area contributed by atoms with Gasteiger partial charge in [0.25, 0.3) is 5.91 Å². The Labute approximate surface area is 159 Å². The van der Waals surface area contributed by atoms with Gasteiger partial charge in [-0.15, -0.1) is 0 Å². The van der Waals surface area contributed by atoms with Crippen LogP contribution in [0.25, 0.3) is 5.65 Å². The van der Waals surface area contributed by atoms with Crippen molar-refractivity contribution in [2.24, 2.45) is 0 Å². The summed E-state index contributed by atoms with van der Waals surface area (Å²) in [4.78, 5) is 33.0. The van der Waals surface area contributed by atoms with Crippen LogP contribution in [-0.2, 0) is 6.42 Å². The highest BCUT2D eigenvalue weighted by molar-refractivity contribution is 6.04. The molecule has 0 radical (unpaired) electrons. The third-order valence-electron chi connectivity index (χ3n) is 4.24. The number of ketones is 1. The van der Waals surface area contributed by atoms with E-state index >= 15 is 0 Å². The molecule has 3 aromatic heterocycles. The monoisotopic (exact) mass is 374 g/mol. The Morgan fingerprint density at radius 3 is 2.57 bits per heavy atom. The maximum Gasteiger partial charge on any atom is 0.256 e. The summed E-state index contributed by atoms with van der Waals surface area (Å²) in [5.74, 6) is -0.452. The zero-order chi connectivity index (χ0) is 19.5. The lowest BCUT2D eigenvalue weighted by Gasteiger charge is -2.06. The summed E-state index contributed by atoms with van der Waals surface area (Å²) in [6.07, 6.45) is 4.38. The van der Waals surface area contributed by atoms with Crippen molar-refractivity contribution in [3.8, 4) is 0 Å². The van der Waals surface area contributed by atoms with E-state index < -0.39 is 5.82 Å². The van der Waals surface area contributed by atoms with Crippen LogP contribution in [0.2, 0.25) is 0 Å². The summed E-state index contributed by atoms with van der Waals surface area (Å²) in [7, 11) is 0. The molecule has 0 bridgehead atoms. The van der Waals surface area contributed by atoms with Crippen molar-refractivity contribution >= 4 is 23.2 Å². The summed E-state index contributed by atoms with van der Waals surface area (Å²) in [5.41, 5.74) is 2.02. The van der Waals surface area contributed by atoms with Crippen LogP contribution in [0.4, 0.5) is 10.2 Å². The molecule has 0 aliphatic carbocycles. The number of pyridine rings is 2. The summed E-state index contributed by atoms with van der Waals surface area (Å²) < 4.78 is 14.9. The Bertz CT molecular complexity index is 1150. The maximum absolute atomic E-state index is 13.5. The van der Waals surface area contributed by atoms with Crippen LogP contribution in [-0.4, -0.2) is 26.1 Å². The van der Waals surface area contributed by atoms with Crippen molar-refractivity contribution in [3.05, 3.63) is 95.8 Å². The molecule has 0 atom stereocenters. The van der Waals surface area contributed by atoms with Crippen LogP contribution < -0.4 is 5.32 Å². The fourth-order valence-electron chi connectivity index (χ4n) is 2.84. The number of halogens is 1. The number of imidazole rings is 1. The minimum absolute atomic E-state index is 0.118. The molecule has 0 aliphatic heterocycles. The predicted molar refractivity (Wildman–Crippen MR) is 102 cm³/mol. The number of amides is 1. The van der Waals surface area contributed by atoms with Crippen LogP contribution in [0, 0.1) is 5.82 Å². The lowest BCUT2D eigenvalue weighted by atomic mass is 10.0. The molecule has 1 amide bonds. The molecule has 1 aromatic carbocycles. The van der Waals surface area contributed by atoms with Gasteiger partial charge in [0.05, 0.1) is 6.20 Å². The average molecular weight is 374 g/mol. The fraction of sp³-hybridized carbons (Fsp3) is 0.0476. The van der Waals surface area contributed by atoms with E-state index in [1.165, 1.54) is 28.9 Å². The van der Waals surface area contributed by atoms with Gasteiger partial charge < -0.3 is 5.32 Å². The number of fused-ring (bicyclic) bond motifs is 1. The standard InChI is InChI=1S/C21H15FN4O2/c22-16-8-9-20-24-12-17(26(20)13-16)18(27)11-14-4-6-15(7-5-14)21(28)25-19-3-1-2-10-23-19/h1-10,12-13H,11H2,(H,23,25,28). The normalized spacial score (nSPS) is 10.8. The van der Waals surface area contributed by atoms with E-state index in [1.807, 2.05) is 0 Å². The molecule has 4 rings (SSSR count). The van der Waals surface area contributed by atoms with Crippen LogP contribution in [0.1, 0.15) is 26.4 Å². The molecule has 0 saturated carbocycles. The number of rotatable bonds is 5. The van der Waals surface area contributed by atoms with E-state index in [2.05, 4.69) is 15.3 Å². The Morgan fingerprint density at radius 1 is 1.00 bits per heavy atom.